The first-order valence-corrected chi connectivity index (χ1v) is 12.2. The Bertz CT molecular complexity index is 1240. The number of rotatable bonds is 8. The fourth-order valence-electron chi connectivity index (χ4n) is 4.46. The number of aromatic nitrogens is 1. The average Bonchev–Trinajstić information content (AvgIpc) is 3.47. The molecule has 0 radical (unpaired) electrons. The highest BCUT2D eigenvalue weighted by Crippen LogP contribution is 2.22. The van der Waals surface area contributed by atoms with Gasteiger partial charge in [-0.3, -0.25) is 9.69 Å². The number of benzene rings is 2. The second-order valence-electron chi connectivity index (χ2n) is 8.97. The summed E-state index contributed by atoms with van der Waals surface area (Å²) < 4.78 is 18.6. The van der Waals surface area contributed by atoms with Crippen molar-refractivity contribution in [3.63, 3.8) is 0 Å². The summed E-state index contributed by atoms with van der Waals surface area (Å²) >= 11 is 0. The molecule has 0 atom stereocenters. The molecule has 5 rings (SSSR count). The molecule has 7 heteroatoms. The predicted octanol–water partition coefficient (Wildman–Crippen LogP) is 5.03. The van der Waals surface area contributed by atoms with Gasteiger partial charge >= 0.3 is 0 Å². The van der Waals surface area contributed by atoms with Gasteiger partial charge in [0.05, 0.1) is 18.4 Å². The minimum atomic E-state index is -0.347. The van der Waals surface area contributed by atoms with Crippen LogP contribution in [0.3, 0.4) is 0 Å². The molecule has 1 saturated heterocycles. The predicted molar refractivity (Wildman–Crippen MR) is 139 cm³/mol. The average molecular weight is 485 g/mol. The van der Waals surface area contributed by atoms with E-state index in [2.05, 4.69) is 40.1 Å². The number of carbonyl (C=O) groups is 1. The van der Waals surface area contributed by atoms with E-state index in [1.54, 1.807) is 23.1 Å². The van der Waals surface area contributed by atoms with E-state index in [0.29, 0.717) is 17.8 Å². The van der Waals surface area contributed by atoms with Gasteiger partial charge in [0.1, 0.15) is 17.9 Å². The molecule has 0 spiro atoms. The normalized spacial score (nSPS) is 14.1. The number of piperazine rings is 1. The Hall–Kier alpha value is -3.97. The maximum Gasteiger partial charge on any atom is 0.261 e. The van der Waals surface area contributed by atoms with Gasteiger partial charge in [-0.05, 0) is 53.9 Å². The number of nitrogens with zero attached hydrogens (tertiary/aromatic N) is 4. The topological polar surface area (TPSA) is 52.8 Å². The molecule has 36 heavy (non-hydrogen) atoms. The fraction of sp³-hybridized carbons (Fsp3) is 0.241. The van der Waals surface area contributed by atoms with Crippen LogP contribution in [-0.2, 0) is 13.0 Å². The van der Waals surface area contributed by atoms with E-state index >= 15 is 0 Å². The third kappa shape index (κ3) is 5.80. The van der Waals surface area contributed by atoms with E-state index in [4.69, 9.17) is 9.40 Å². The minimum Gasteiger partial charge on any atom is -0.472 e. The summed E-state index contributed by atoms with van der Waals surface area (Å²) in [6, 6.07) is 22.2. The molecule has 1 aliphatic heterocycles. The van der Waals surface area contributed by atoms with Crippen molar-refractivity contribution in [3.05, 3.63) is 114 Å². The van der Waals surface area contributed by atoms with Crippen LogP contribution < -0.4 is 9.80 Å². The molecule has 2 aromatic heterocycles. The van der Waals surface area contributed by atoms with Crippen LogP contribution in [0.4, 0.5) is 15.9 Å². The van der Waals surface area contributed by atoms with Gasteiger partial charge in [-0.25, -0.2) is 9.37 Å². The Morgan fingerprint density at radius 1 is 0.917 bits per heavy atom. The van der Waals surface area contributed by atoms with Crippen molar-refractivity contribution >= 4 is 17.4 Å². The van der Waals surface area contributed by atoms with Crippen LogP contribution in [0, 0.1) is 5.82 Å². The fourth-order valence-corrected chi connectivity index (χ4v) is 4.46. The zero-order valence-corrected chi connectivity index (χ0v) is 20.1. The number of halogens is 1. The van der Waals surface area contributed by atoms with Crippen molar-refractivity contribution < 1.29 is 13.6 Å². The highest BCUT2D eigenvalue weighted by Gasteiger charge is 2.21. The number of pyridine rings is 1. The number of anilines is 2. The van der Waals surface area contributed by atoms with Crippen molar-refractivity contribution in [1.82, 2.24) is 9.88 Å². The molecule has 0 unspecified atom stereocenters. The summed E-state index contributed by atoms with van der Waals surface area (Å²) in [4.78, 5) is 24.2. The molecule has 1 fully saturated rings. The molecular formula is C29H29FN4O2. The van der Waals surface area contributed by atoms with Crippen molar-refractivity contribution in [2.75, 3.05) is 42.5 Å². The van der Waals surface area contributed by atoms with Gasteiger partial charge in [0, 0.05) is 44.6 Å². The van der Waals surface area contributed by atoms with E-state index < -0.39 is 0 Å². The smallest absolute Gasteiger partial charge is 0.261 e. The van der Waals surface area contributed by atoms with Crippen LogP contribution in [0.15, 0.2) is 95.9 Å². The lowest BCUT2D eigenvalue weighted by molar-refractivity contribution is 0.0984. The molecule has 1 amide bonds. The lowest BCUT2D eigenvalue weighted by Gasteiger charge is -2.35. The van der Waals surface area contributed by atoms with Crippen molar-refractivity contribution in [2.45, 2.75) is 13.0 Å². The molecule has 4 aromatic rings. The van der Waals surface area contributed by atoms with Gasteiger partial charge in [0.2, 0.25) is 0 Å². The second kappa shape index (κ2) is 11.2. The summed E-state index contributed by atoms with van der Waals surface area (Å²) in [6.07, 6.45) is 5.76. The number of hydrogen-bond donors (Lipinski definition) is 0. The Morgan fingerprint density at radius 2 is 1.69 bits per heavy atom. The molecule has 2 aromatic carbocycles. The number of furan rings is 1. The Balaban J connectivity index is 1.20. The zero-order valence-electron chi connectivity index (χ0n) is 20.1. The highest BCUT2D eigenvalue weighted by molar-refractivity contribution is 6.05. The minimum absolute atomic E-state index is 0.217. The third-order valence-electron chi connectivity index (χ3n) is 6.56. The Kier molecular flexibility index (Phi) is 7.38. The van der Waals surface area contributed by atoms with Crippen molar-refractivity contribution in [2.24, 2.45) is 0 Å². The molecule has 184 valence electrons. The maximum atomic E-state index is 13.5. The lowest BCUT2D eigenvalue weighted by atomic mass is 10.1. The summed E-state index contributed by atoms with van der Waals surface area (Å²) in [5, 5.41) is 0. The van der Waals surface area contributed by atoms with Crippen LogP contribution in [0.25, 0.3) is 0 Å². The van der Waals surface area contributed by atoms with Crippen molar-refractivity contribution in [3.8, 4) is 0 Å². The Labute approximate surface area is 210 Å². The van der Waals surface area contributed by atoms with E-state index in [0.717, 1.165) is 50.5 Å². The van der Waals surface area contributed by atoms with Gasteiger partial charge in [0.25, 0.3) is 5.91 Å². The molecule has 6 nitrogen and oxygen atoms in total. The van der Waals surface area contributed by atoms with Crippen LogP contribution in [0.5, 0.6) is 0 Å². The first-order valence-electron chi connectivity index (χ1n) is 12.2. The lowest BCUT2D eigenvalue weighted by Crippen LogP contribution is -2.47. The van der Waals surface area contributed by atoms with Gasteiger partial charge in [-0.15, -0.1) is 0 Å². The highest BCUT2D eigenvalue weighted by atomic mass is 19.1. The first kappa shape index (κ1) is 23.8. The van der Waals surface area contributed by atoms with Crippen LogP contribution >= 0.6 is 0 Å². The molecule has 0 N–H and O–H groups in total. The summed E-state index contributed by atoms with van der Waals surface area (Å²) in [7, 11) is 0. The largest absolute Gasteiger partial charge is 0.472 e. The summed E-state index contributed by atoms with van der Waals surface area (Å²) in [5.41, 5.74) is 3.31. The quantitative estimate of drug-likeness (QED) is 0.351. The molecule has 0 bridgehead atoms. The summed E-state index contributed by atoms with van der Waals surface area (Å²) in [6.45, 7) is 5.26. The van der Waals surface area contributed by atoms with E-state index in [1.807, 2.05) is 18.3 Å². The van der Waals surface area contributed by atoms with Gasteiger partial charge in [-0.2, -0.15) is 0 Å². The number of hydrogen-bond acceptors (Lipinski definition) is 5. The molecule has 3 heterocycles. The first-order chi connectivity index (χ1) is 17.7. The van der Waals surface area contributed by atoms with Gasteiger partial charge < -0.3 is 14.2 Å². The third-order valence-corrected chi connectivity index (χ3v) is 6.56. The SMILES string of the molecule is O=C(c1ccoc1)N(Cc1ccc(N2CCN(CCc3ccccc3)CC2)nc1)c1ccc(F)cc1. The van der Waals surface area contributed by atoms with E-state index in [-0.39, 0.29) is 11.7 Å². The zero-order chi connectivity index (χ0) is 24.7. The van der Waals surface area contributed by atoms with Crippen LogP contribution in [0.1, 0.15) is 21.5 Å². The van der Waals surface area contributed by atoms with E-state index in [9.17, 15) is 9.18 Å². The monoisotopic (exact) mass is 484 g/mol. The van der Waals surface area contributed by atoms with Gasteiger partial charge in [0.15, 0.2) is 0 Å². The second-order valence-corrected chi connectivity index (χ2v) is 8.97. The maximum absolute atomic E-state index is 13.5. The van der Waals surface area contributed by atoms with Crippen molar-refractivity contribution in [1.29, 1.82) is 0 Å². The molecule has 1 aliphatic rings. The molecule has 0 saturated carbocycles. The number of amides is 1. The number of carbonyl (C=O) groups excluding carboxylic acids is 1. The summed E-state index contributed by atoms with van der Waals surface area (Å²) in [5.74, 6) is 0.377. The standard InChI is InChI=1S/C29H29FN4O2/c30-26-7-9-27(10-8-26)34(29(35)25-13-19-36-22-25)21-24-6-11-28(31-20-24)33-17-15-32(16-18-33)14-12-23-4-2-1-3-5-23/h1-11,13,19-20,22H,12,14-18,21H2. The molecule has 0 aliphatic carbocycles. The molecular weight excluding hydrogens is 455 g/mol. The van der Waals surface area contributed by atoms with Crippen LogP contribution in [-0.4, -0.2) is 48.5 Å². The van der Waals surface area contributed by atoms with Crippen LogP contribution in [0.2, 0.25) is 0 Å². The Morgan fingerprint density at radius 3 is 2.36 bits per heavy atom. The van der Waals surface area contributed by atoms with Gasteiger partial charge in [-0.1, -0.05) is 36.4 Å². The van der Waals surface area contributed by atoms with E-state index in [1.165, 1.54) is 30.2 Å².